The van der Waals surface area contributed by atoms with Gasteiger partial charge in [-0.3, -0.25) is 4.79 Å². The van der Waals surface area contributed by atoms with Crippen LogP contribution in [0.25, 0.3) is 22.8 Å². The summed E-state index contributed by atoms with van der Waals surface area (Å²) < 4.78 is 16.7. The fourth-order valence-corrected chi connectivity index (χ4v) is 4.19. The number of carboxylic acids is 1. The Kier molecular flexibility index (Phi) is 6.74. The molecule has 1 aliphatic carbocycles. The molecule has 0 radical (unpaired) electrons. The van der Waals surface area contributed by atoms with E-state index in [-0.39, 0.29) is 18.1 Å². The third kappa shape index (κ3) is 5.22. The van der Waals surface area contributed by atoms with Crippen molar-refractivity contribution in [1.82, 2.24) is 10.1 Å². The van der Waals surface area contributed by atoms with Gasteiger partial charge in [0.1, 0.15) is 11.5 Å². The lowest BCUT2D eigenvalue weighted by Crippen LogP contribution is -2.17. The molecule has 0 bridgehead atoms. The number of ether oxygens (including phenoxy) is 2. The van der Waals surface area contributed by atoms with Gasteiger partial charge >= 0.3 is 5.97 Å². The van der Waals surface area contributed by atoms with E-state index < -0.39 is 5.97 Å². The van der Waals surface area contributed by atoms with Crippen LogP contribution in [0.3, 0.4) is 0 Å². The van der Waals surface area contributed by atoms with Crippen molar-refractivity contribution in [3.63, 3.8) is 0 Å². The quantitative estimate of drug-likeness (QED) is 0.442. The minimum Gasteiger partial charge on any atom is -0.496 e. The third-order valence-corrected chi connectivity index (χ3v) is 5.86. The number of carboxylic acid groups (broad SMARTS) is 1. The van der Waals surface area contributed by atoms with Crippen molar-refractivity contribution < 1.29 is 23.9 Å². The first-order valence-corrected chi connectivity index (χ1v) is 11.2. The van der Waals surface area contributed by atoms with Gasteiger partial charge in [-0.05, 0) is 63.4 Å². The molecule has 0 amide bonds. The molecule has 1 saturated carbocycles. The molecule has 9 heteroatoms. The minimum atomic E-state index is -0.734. The van der Waals surface area contributed by atoms with Crippen molar-refractivity contribution in [2.45, 2.75) is 45.3 Å². The van der Waals surface area contributed by atoms with E-state index in [9.17, 15) is 9.90 Å². The van der Waals surface area contributed by atoms with E-state index in [0.29, 0.717) is 52.2 Å². The van der Waals surface area contributed by atoms with Crippen LogP contribution in [0.1, 0.15) is 33.1 Å². The highest BCUT2D eigenvalue weighted by molar-refractivity contribution is 6.32. The van der Waals surface area contributed by atoms with Crippen LogP contribution in [0.5, 0.6) is 11.5 Å². The standard InChI is InChI=1S/C24H26ClN3O5/c1-13(2)32-20-9-5-14(11-19(20)25)22-27-23(33-28-22)18-8-7-17(12-21(18)31-3)26-16-6-4-15(10-16)24(29)30/h5,7-9,11-13,15-16,26H,4,6,10H2,1-3H3,(H,29,30)/t15-,16?/m1/s1. The smallest absolute Gasteiger partial charge is 0.306 e. The molecule has 8 nitrogen and oxygen atoms in total. The molecule has 4 rings (SSSR count). The van der Waals surface area contributed by atoms with Crippen molar-refractivity contribution in [2.75, 3.05) is 12.4 Å². The van der Waals surface area contributed by atoms with Crippen LogP contribution in [-0.2, 0) is 4.79 Å². The second kappa shape index (κ2) is 9.70. The van der Waals surface area contributed by atoms with Gasteiger partial charge in [-0.2, -0.15) is 4.98 Å². The number of aliphatic carboxylic acids is 1. The lowest BCUT2D eigenvalue weighted by Gasteiger charge is -2.15. The van der Waals surface area contributed by atoms with Crippen LogP contribution < -0.4 is 14.8 Å². The van der Waals surface area contributed by atoms with Gasteiger partial charge in [0, 0.05) is 23.4 Å². The molecule has 0 saturated heterocycles. The molecule has 1 unspecified atom stereocenters. The largest absolute Gasteiger partial charge is 0.496 e. The molecule has 1 aromatic heterocycles. The van der Waals surface area contributed by atoms with Crippen molar-refractivity contribution in [3.8, 4) is 34.3 Å². The molecular formula is C24H26ClN3O5. The predicted molar refractivity (Wildman–Crippen MR) is 125 cm³/mol. The summed E-state index contributed by atoms with van der Waals surface area (Å²) in [6, 6.07) is 11.1. The normalized spacial score (nSPS) is 17.8. The van der Waals surface area contributed by atoms with Crippen LogP contribution in [0, 0.1) is 5.92 Å². The molecular weight excluding hydrogens is 446 g/mol. The van der Waals surface area contributed by atoms with E-state index in [1.54, 1.807) is 19.2 Å². The Hall–Kier alpha value is -3.26. The maximum atomic E-state index is 11.2. The molecule has 33 heavy (non-hydrogen) atoms. The van der Waals surface area contributed by atoms with Gasteiger partial charge in [-0.25, -0.2) is 0 Å². The van der Waals surface area contributed by atoms with Gasteiger partial charge in [0.05, 0.1) is 29.7 Å². The van der Waals surface area contributed by atoms with Crippen molar-refractivity contribution in [1.29, 1.82) is 0 Å². The monoisotopic (exact) mass is 471 g/mol. The highest BCUT2D eigenvalue weighted by atomic mass is 35.5. The number of aromatic nitrogens is 2. The van der Waals surface area contributed by atoms with E-state index >= 15 is 0 Å². The van der Waals surface area contributed by atoms with Crippen molar-refractivity contribution >= 4 is 23.3 Å². The van der Waals surface area contributed by atoms with Crippen molar-refractivity contribution in [2.24, 2.45) is 5.92 Å². The number of hydrogen-bond acceptors (Lipinski definition) is 7. The Bertz CT molecular complexity index is 1150. The Morgan fingerprint density at radius 1 is 1.21 bits per heavy atom. The zero-order valence-corrected chi connectivity index (χ0v) is 19.4. The van der Waals surface area contributed by atoms with E-state index in [1.807, 2.05) is 38.1 Å². The number of hydrogen-bond donors (Lipinski definition) is 2. The first kappa shape index (κ1) is 22.9. The van der Waals surface area contributed by atoms with Crippen LogP contribution in [-0.4, -0.2) is 40.5 Å². The zero-order chi connectivity index (χ0) is 23.5. The summed E-state index contributed by atoms with van der Waals surface area (Å²) in [4.78, 5) is 15.7. The summed E-state index contributed by atoms with van der Waals surface area (Å²) >= 11 is 6.34. The Morgan fingerprint density at radius 3 is 2.70 bits per heavy atom. The highest BCUT2D eigenvalue weighted by Gasteiger charge is 2.29. The molecule has 1 heterocycles. The molecule has 174 valence electrons. The van der Waals surface area contributed by atoms with Gasteiger partial charge in [-0.1, -0.05) is 16.8 Å². The summed E-state index contributed by atoms with van der Waals surface area (Å²) in [5, 5.41) is 17.2. The molecule has 2 atom stereocenters. The van der Waals surface area contributed by atoms with Gasteiger partial charge in [0.15, 0.2) is 0 Å². The summed E-state index contributed by atoms with van der Waals surface area (Å²) in [5.74, 6) is 0.863. The minimum absolute atomic E-state index is 0.0160. The molecule has 1 aliphatic rings. The number of halogens is 1. The second-order valence-electron chi connectivity index (χ2n) is 8.34. The number of nitrogens with one attached hydrogen (secondary N) is 1. The van der Waals surface area contributed by atoms with Crippen LogP contribution in [0.15, 0.2) is 40.9 Å². The van der Waals surface area contributed by atoms with Gasteiger partial charge in [0.25, 0.3) is 5.89 Å². The summed E-state index contributed by atoms with van der Waals surface area (Å²) in [6.07, 6.45) is 2.12. The molecule has 3 aromatic rings. The first-order chi connectivity index (χ1) is 15.8. The van der Waals surface area contributed by atoms with E-state index in [2.05, 4.69) is 15.5 Å². The molecule has 0 aliphatic heterocycles. The molecule has 2 N–H and O–H groups in total. The average molecular weight is 472 g/mol. The summed E-state index contributed by atoms with van der Waals surface area (Å²) in [6.45, 7) is 3.87. The molecule has 1 fully saturated rings. The number of methoxy groups -OCH3 is 1. The highest BCUT2D eigenvalue weighted by Crippen LogP contribution is 2.36. The lowest BCUT2D eigenvalue weighted by molar-refractivity contribution is -0.141. The predicted octanol–water partition coefficient (Wildman–Crippen LogP) is 5.52. The topological polar surface area (TPSA) is 107 Å². The Balaban J connectivity index is 1.52. The lowest BCUT2D eigenvalue weighted by atomic mass is 10.1. The zero-order valence-electron chi connectivity index (χ0n) is 18.7. The van der Waals surface area contributed by atoms with Crippen molar-refractivity contribution in [3.05, 3.63) is 41.4 Å². The maximum absolute atomic E-state index is 11.2. The summed E-state index contributed by atoms with van der Waals surface area (Å²) in [5.41, 5.74) is 2.21. The molecule has 2 aromatic carbocycles. The third-order valence-electron chi connectivity index (χ3n) is 5.56. The van der Waals surface area contributed by atoms with Gasteiger partial charge in [0.2, 0.25) is 5.82 Å². The first-order valence-electron chi connectivity index (χ1n) is 10.8. The fourth-order valence-electron chi connectivity index (χ4n) is 3.97. The number of benzene rings is 2. The maximum Gasteiger partial charge on any atom is 0.306 e. The number of carbonyl (C=O) groups is 1. The SMILES string of the molecule is COc1cc(NC2CC[C@@H](C(=O)O)C2)ccc1-c1nc(-c2ccc(OC(C)C)c(Cl)c2)no1. The van der Waals surface area contributed by atoms with Crippen LogP contribution in [0.2, 0.25) is 5.02 Å². The Labute approximate surface area is 196 Å². The Morgan fingerprint density at radius 2 is 2.03 bits per heavy atom. The number of nitrogens with zero attached hydrogens (tertiary/aromatic N) is 2. The fraction of sp³-hybridized carbons (Fsp3) is 0.375. The molecule has 0 spiro atoms. The second-order valence-corrected chi connectivity index (χ2v) is 8.75. The van der Waals surface area contributed by atoms with E-state index in [4.69, 9.17) is 25.6 Å². The van der Waals surface area contributed by atoms with E-state index in [1.165, 1.54) is 0 Å². The van der Waals surface area contributed by atoms with E-state index in [0.717, 1.165) is 12.1 Å². The van der Waals surface area contributed by atoms with Crippen LogP contribution >= 0.6 is 11.6 Å². The van der Waals surface area contributed by atoms with Gasteiger partial charge < -0.3 is 24.4 Å². The summed E-state index contributed by atoms with van der Waals surface area (Å²) in [7, 11) is 1.57. The van der Waals surface area contributed by atoms with Gasteiger partial charge in [-0.15, -0.1) is 0 Å². The van der Waals surface area contributed by atoms with Crippen LogP contribution in [0.4, 0.5) is 5.69 Å². The average Bonchev–Trinajstić information content (AvgIpc) is 3.45. The number of anilines is 1. The number of rotatable bonds is 8.